The molecule has 1 aromatic rings. The predicted molar refractivity (Wildman–Crippen MR) is 79.8 cm³/mol. The molecular formula is C17H24N2O. The van der Waals surface area contributed by atoms with Crippen molar-refractivity contribution < 1.29 is 4.74 Å². The van der Waals surface area contributed by atoms with Crippen molar-refractivity contribution >= 4 is 0 Å². The zero-order chi connectivity index (χ0) is 13.4. The summed E-state index contributed by atoms with van der Waals surface area (Å²) in [5.74, 6) is 2.96. The van der Waals surface area contributed by atoms with E-state index in [0.29, 0.717) is 6.04 Å². The quantitative estimate of drug-likeness (QED) is 0.894. The van der Waals surface area contributed by atoms with E-state index in [0.717, 1.165) is 37.3 Å². The van der Waals surface area contributed by atoms with Crippen molar-refractivity contribution in [1.82, 2.24) is 10.2 Å². The van der Waals surface area contributed by atoms with Gasteiger partial charge in [0.2, 0.25) is 0 Å². The van der Waals surface area contributed by atoms with Crippen LogP contribution in [-0.2, 0) is 6.54 Å². The van der Waals surface area contributed by atoms with Crippen LogP contribution in [0.2, 0.25) is 0 Å². The van der Waals surface area contributed by atoms with E-state index in [2.05, 4.69) is 34.5 Å². The van der Waals surface area contributed by atoms with Crippen molar-refractivity contribution in [3.63, 3.8) is 0 Å². The summed E-state index contributed by atoms with van der Waals surface area (Å²) in [4.78, 5) is 2.57. The van der Waals surface area contributed by atoms with Gasteiger partial charge < -0.3 is 10.1 Å². The lowest BCUT2D eigenvalue weighted by Gasteiger charge is -2.26. The van der Waals surface area contributed by atoms with Crippen molar-refractivity contribution in [2.45, 2.75) is 31.8 Å². The molecule has 0 bridgehead atoms. The zero-order valence-electron chi connectivity index (χ0n) is 12.1. The summed E-state index contributed by atoms with van der Waals surface area (Å²) >= 11 is 0. The highest BCUT2D eigenvalue weighted by Gasteiger charge is 2.39. The Morgan fingerprint density at radius 3 is 3.20 bits per heavy atom. The first-order chi connectivity index (χ1) is 9.90. The van der Waals surface area contributed by atoms with Gasteiger partial charge in [0.05, 0.1) is 0 Å². The van der Waals surface area contributed by atoms with Crippen LogP contribution in [0.25, 0.3) is 0 Å². The monoisotopic (exact) mass is 272 g/mol. The smallest absolute Gasteiger partial charge is 0.123 e. The summed E-state index contributed by atoms with van der Waals surface area (Å²) in [5, 5.41) is 3.77. The molecule has 3 atom stereocenters. The molecule has 0 amide bonds. The van der Waals surface area contributed by atoms with E-state index in [-0.39, 0.29) is 0 Å². The molecule has 1 saturated heterocycles. The van der Waals surface area contributed by atoms with Gasteiger partial charge in [0, 0.05) is 31.2 Å². The third-order valence-corrected chi connectivity index (χ3v) is 5.36. The van der Waals surface area contributed by atoms with Gasteiger partial charge in [0.25, 0.3) is 0 Å². The highest BCUT2D eigenvalue weighted by molar-refractivity contribution is 5.33. The molecule has 20 heavy (non-hydrogen) atoms. The molecule has 3 aliphatic rings. The van der Waals surface area contributed by atoms with Crippen LogP contribution in [0, 0.1) is 11.8 Å². The van der Waals surface area contributed by atoms with Crippen LogP contribution >= 0.6 is 0 Å². The van der Waals surface area contributed by atoms with E-state index in [4.69, 9.17) is 4.74 Å². The summed E-state index contributed by atoms with van der Waals surface area (Å²) in [5.41, 5.74) is 1.34. The molecule has 1 N–H and O–H groups in total. The molecule has 1 aliphatic carbocycles. The third kappa shape index (κ3) is 2.33. The highest BCUT2D eigenvalue weighted by Crippen LogP contribution is 2.38. The number of para-hydroxylation sites is 1. The standard InChI is InChI=1S/C17H24N2O/c1-2-7-17-14(4-1)11-19(8-9-20-17)12-16-15-6-3-5-13(15)10-18-16/h1-2,4,7,13,15-16,18H,3,5-6,8-12H2. The van der Waals surface area contributed by atoms with E-state index in [1.807, 2.05) is 0 Å². The van der Waals surface area contributed by atoms with Crippen LogP contribution in [-0.4, -0.2) is 37.2 Å². The first-order valence-electron chi connectivity index (χ1n) is 8.06. The summed E-state index contributed by atoms with van der Waals surface area (Å²) in [6.45, 7) is 5.32. The Kier molecular flexibility index (Phi) is 3.41. The van der Waals surface area contributed by atoms with Crippen molar-refractivity contribution in [3.8, 4) is 5.75 Å². The number of ether oxygens (including phenoxy) is 1. The van der Waals surface area contributed by atoms with E-state index in [9.17, 15) is 0 Å². The van der Waals surface area contributed by atoms with Crippen LogP contribution in [0.3, 0.4) is 0 Å². The minimum atomic E-state index is 0.702. The van der Waals surface area contributed by atoms with Gasteiger partial charge in [-0.2, -0.15) is 0 Å². The van der Waals surface area contributed by atoms with Crippen LogP contribution in [0.1, 0.15) is 24.8 Å². The van der Waals surface area contributed by atoms with E-state index in [1.165, 1.54) is 37.9 Å². The summed E-state index contributed by atoms with van der Waals surface area (Å²) in [6, 6.07) is 9.18. The molecule has 2 fully saturated rings. The molecule has 3 nitrogen and oxygen atoms in total. The average Bonchev–Trinajstić information content (AvgIpc) is 2.99. The molecule has 2 aliphatic heterocycles. The summed E-state index contributed by atoms with van der Waals surface area (Å²) in [6.07, 6.45) is 4.32. The third-order valence-electron chi connectivity index (χ3n) is 5.36. The molecule has 0 aromatic heterocycles. The minimum Gasteiger partial charge on any atom is -0.492 e. The fourth-order valence-electron chi connectivity index (χ4n) is 4.32. The molecule has 3 unspecified atom stereocenters. The molecule has 3 heteroatoms. The lowest BCUT2D eigenvalue weighted by atomic mass is 9.94. The Morgan fingerprint density at radius 1 is 1.25 bits per heavy atom. The molecule has 0 spiro atoms. The van der Waals surface area contributed by atoms with Gasteiger partial charge in [0.1, 0.15) is 12.4 Å². The maximum Gasteiger partial charge on any atom is 0.123 e. The van der Waals surface area contributed by atoms with Gasteiger partial charge in [0.15, 0.2) is 0 Å². The van der Waals surface area contributed by atoms with E-state index >= 15 is 0 Å². The number of nitrogens with zero attached hydrogens (tertiary/aromatic N) is 1. The maximum atomic E-state index is 5.87. The van der Waals surface area contributed by atoms with Gasteiger partial charge in [-0.3, -0.25) is 4.90 Å². The molecule has 1 saturated carbocycles. The van der Waals surface area contributed by atoms with Gasteiger partial charge in [-0.05, 0) is 37.3 Å². The average molecular weight is 272 g/mol. The van der Waals surface area contributed by atoms with Crippen LogP contribution < -0.4 is 10.1 Å². The lowest BCUT2D eigenvalue weighted by molar-refractivity contribution is 0.196. The van der Waals surface area contributed by atoms with Crippen molar-refractivity contribution in [3.05, 3.63) is 29.8 Å². The fourth-order valence-corrected chi connectivity index (χ4v) is 4.32. The Balaban J connectivity index is 1.44. The van der Waals surface area contributed by atoms with Crippen LogP contribution in [0.15, 0.2) is 24.3 Å². The second kappa shape index (κ2) is 5.38. The van der Waals surface area contributed by atoms with Gasteiger partial charge >= 0.3 is 0 Å². The van der Waals surface area contributed by atoms with Crippen LogP contribution in [0.4, 0.5) is 0 Å². The second-order valence-corrected chi connectivity index (χ2v) is 6.56. The number of hydrogen-bond acceptors (Lipinski definition) is 3. The number of rotatable bonds is 2. The van der Waals surface area contributed by atoms with Gasteiger partial charge in [-0.25, -0.2) is 0 Å². The summed E-state index contributed by atoms with van der Waals surface area (Å²) < 4.78 is 5.87. The molecule has 108 valence electrons. The first kappa shape index (κ1) is 12.7. The molecule has 0 radical (unpaired) electrons. The Hall–Kier alpha value is -1.06. The van der Waals surface area contributed by atoms with E-state index < -0.39 is 0 Å². The molecule has 2 heterocycles. The van der Waals surface area contributed by atoms with Crippen molar-refractivity contribution in [2.24, 2.45) is 11.8 Å². The minimum absolute atomic E-state index is 0.702. The largest absolute Gasteiger partial charge is 0.492 e. The maximum absolute atomic E-state index is 5.87. The number of fused-ring (bicyclic) bond motifs is 2. The van der Waals surface area contributed by atoms with Gasteiger partial charge in [-0.1, -0.05) is 24.6 Å². The fraction of sp³-hybridized carbons (Fsp3) is 0.647. The van der Waals surface area contributed by atoms with Crippen molar-refractivity contribution in [2.75, 3.05) is 26.2 Å². The first-order valence-corrected chi connectivity index (χ1v) is 8.06. The zero-order valence-corrected chi connectivity index (χ0v) is 12.1. The highest BCUT2D eigenvalue weighted by atomic mass is 16.5. The molecular weight excluding hydrogens is 248 g/mol. The van der Waals surface area contributed by atoms with Crippen molar-refractivity contribution in [1.29, 1.82) is 0 Å². The number of benzene rings is 1. The Bertz CT molecular complexity index is 476. The number of hydrogen-bond donors (Lipinski definition) is 1. The predicted octanol–water partition coefficient (Wildman–Crippen LogP) is 2.27. The Morgan fingerprint density at radius 2 is 2.20 bits per heavy atom. The normalized spacial score (nSPS) is 33.3. The topological polar surface area (TPSA) is 24.5 Å². The second-order valence-electron chi connectivity index (χ2n) is 6.56. The number of nitrogens with one attached hydrogen (secondary N) is 1. The molecule has 4 rings (SSSR count). The lowest BCUT2D eigenvalue weighted by Crippen LogP contribution is -2.41. The van der Waals surface area contributed by atoms with Crippen LogP contribution in [0.5, 0.6) is 5.75 Å². The summed E-state index contributed by atoms with van der Waals surface area (Å²) in [7, 11) is 0. The Labute approximate surface area is 121 Å². The SMILES string of the molecule is c1ccc2c(c1)CN(CC1NCC3CCCC31)CCO2. The molecule has 1 aromatic carbocycles. The van der Waals surface area contributed by atoms with Gasteiger partial charge in [-0.15, -0.1) is 0 Å². The van der Waals surface area contributed by atoms with E-state index in [1.54, 1.807) is 0 Å².